The lowest BCUT2D eigenvalue weighted by molar-refractivity contribution is -0.137. The molecule has 0 radical (unpaired) electrons. The highest BCUT2D eigenvalue weighted by Gasteiger charge is 2.30. The van der Waals surface area contributed by atoms with E-state index in [1.807, 2.05) is 0 Å². The smallest absolute Gasteiger partial charge is 0.416 e. The van der Waals surface area contributed by atoms with Gasteiger partial charge in [0.15, 0.2) is 0 Å². The van der Waals surface area contributed by atoms with Gasteiger partial charge in [0.2, 0.25) is 5.88 Å². The van der Waals surface area contributed by atoms with E-state index in [1.54, 1.807) is 0 Å². The maximum atomic E-state index is 12.8. The Morgan fingerprint density at radius 2 is 2.04 bits per heavy atom. The van der Waals surface area contributed by atoms with Crippen LogP contribution < -0.4 is 5.32 Å². The summed E-state index contributed by atoms with van der Waals surface area (Å²) in [6.45, 7) is 1.18. The molecule has 0 fully saturated rings. The van der Waals surface area contributed by atoms with E-state index in [1.165, 1.54) is 31.2 Å². The largest absolute Gasteiger partial charge is 0.461 e. The molecule has 136 valence electrons. The summed E-state index contributed by atoms with van der Waals surface area (Å²) < 4.78 is 48.8. The standard InChI is InChI=1S/C17H13F3N2O4/c1-9-13(16(24)21-15-6-12(8-23)22-26-15)7-14(25-9)10-3-2-4-11(5-10)17(18,19)20/h2-7,23H,8H2,1H3,(H,21,24). The van der Waals surface area contributed by atoms with Crippen molar-refractivity contribution >= 4 is 11.8 Å². The second kappa shape index (κ2) is 6.68. The van der Waals surface area contributed by atoms with Crippen LogP contribution in [-0.4, -0.2) is 16.2 Å². The molecule has 6 nitrogen and oxygen atoms in total. The van der Waals surface area contributed by atoms with Crippen LogP contribution >= 0.6 is 0 Å². The first-order valence-corrected chi connectivity index (χ1v) is 7.44. The van der Waals surface area contributed by atoms with Crippen LogP contribution in [0.3, 0.4) is 0 Å². The highest BCUT2D eigenvalue weighted by molar-refractivity contribution is 6.04. The third kappa shape index (κ3) is 3.62. The first kappa shape index (κ1) is 17.7. The Morgan fingerprint density at radius 3 is 2.69 bits per heavy atom. The number of carbonyl (C=O) groups is 1. The summed E-state index contributed by atoms with van der Waals surface area (Å²) in [4.78, 5) is 12.3. The van der Waals surface area contributed by atoms with E-state index in [2.05, 4.69) is 10.5 Å². The number of amides is 1. The van der Waals surface area contributed by atoms with E-state index in [0.717, 1.165) is 12.1 Å². The number of aliphatic hydroxyl groups excluding tert-OH is 1. The minimum atomic E-state index is -4.48. The van der Waals surface area contributed by atoms with Gasteiger partial charge in [-0.3, -0.25) is 10.1 Å². The molecule has 0 saturated carbocycles. The molecule has 2 heterocycles. The first-order chi connectivity index (χ1) is 12.3. The number of alkyl halides is 3. The Hall–Kier alpha value is -3.07. The Balaban J connectivity index is 1.86. The molecule has 2 aromatic heterocycles. The number of nitrogens with one attached hydrogen (secondary N) is 1. The molecule has 0 aliphatic carbocycles. The molecule has 1 aromatic carbocycles. The second-order valence-corrected chi connectivity index (χ2v) is 5.45. The minimum Gasteiger partial charge on any atom is -0.461 e. The lowest BCUT2D eigenvalue weighted by Gasteiger charge is -2.07. The molecule has 2 N–H and O–H groups in total. The lowest BCUT2D eigenvalue weighted by Crippen LogP contribution is -2.11. The number of hydrogen-bond donors (Lipinski definition) is 2. The van der Waals surface area contributed by atoms with Crippen molar-refractivity contribution in [3.8, 4) is 11.3 Å². The van der Waals surface area contributed by atoms with E-state index in [0.29, 0.717) is 0 Å². The number of halogens is 3. The topological polar surface area (TPSA) is 88.5 Å². The van der Waals surface area contributed by atoms with E-state index in [-0.39, 0.29) is 40.8 Å². The zero-order valence-electron chi connectivity index (χ0n) is 13.4. The third-order valence-electron chi connectivity index (χ3n) is 3.59. The van der Waals surface area contributed by atoms with E-state index in [9.17, 15) is 18.0 Å². The molecule has 0 aliphatic rings. The number of rotatable bonds is 4. The fourth-order valence-corrected chi connectivity index (χ4v) is 2.32. The number of carbonyl (C=O) groups excluding carboxylic acids is 1. The summed E-state index contributed by atoms with van der Waals surface area (Å²) in [5.41, 5.74) is -0.231. The van der Waals surface area contributed by atoms with Crippen LogP contribution in [0.1, 0.15) is 27.4 Å². The predicted octanol–water partition coefficient (Wildman–Crippen LogP) is 4.01. The maximum Gasteiger partial charge on any atom is 0.416 e. The Bertz CT molecular complexity index is 944. The molecule has 1 amide bonds. The van der Waals surface area contributed by atoms with Crippen molar-refractivity contribution in [3.05, 3.63) is 59.0 Å². The molecule has 0 aliphatic heterocycles. The van der Waals surface area contributed by atoms with Gasteiger partial charge in [0.05, 0.1) is 17.7 Å². The highest BCUT2D eigenvalue weighted by atomic mass is 19.4. The predicted molar refractivity (Wildman–Crippen MR) is 84.3 cm³/mol. The summed E-state index contributed by atoms with van der Waals surface area (Å²) in [5.74, 6) is -0.186. The number of aromatic nitrogens is 1. The van der Waals surface area contributed by atoms with Crippen LogP contribution in [-0.2, 0) is 12.8 Å². The number of aryl methyl sites for hydroxylation is 1. The molecular weight excluding hydrogens is 353 g/mol. The zero-order chi connectivity index (χ0) is 18.9. The SMILES string of the molecule is Cc1oc(-c2cccc(C(F)(F)F)c2)cc1C(=O)Nc1cc(CO)no1. The van der Waals surface area contributed by atoms with Gasteiger partial charge in [-0.15, -0.1) is 0 Å². The summed E-state index contributed by atoms with van der Waals surface area (Å²) >= 11 is 0. The van der Waals surface area contributed by atoms with Crippen LogP contribution in [0.2, 0.25) is 0 Å². The molecule has 26 heavy (non-hydrogen) atoms. The second-order valence-electron chi connectivity index (χ2n) is 5.45. The van der Waals surface area contributed by atoms with Crippen molar-refractivity contribution in [1.82, 2.24) is 5.16 Å². The molecule has 0 saturated heterocycles. The van der Waals surface area contributed by atoms with Gasteiger partial charge in [0.1, 0.15) is 17.2 Å². The average molecular weight is 366 g/mol. The molecule has 3 rings (SSSR count). The molecule has 0 atom stereocenters. The maximum absolute atomic E-state index is 12.8. The van der Waals surface area contributed by atoms with Crippen LogP contribution in [0.4, 0.5) is 19.1 Å². The van der Waals surface area contributed by atoms with Crippen LogP contribution in [0.5, 0.6) is 0 Å². The molecule has 0 unspecified atom stereocenters. The molecule has 9 heteroatoms. The van der Waals surface area contributed by atoms with Gasteiger partial charge in [-0.25, -0.2) is 0 Å². The normalized spacial score (nSPS) is 11.6. The van der Waals surface area contributed by atoms with Crippen molar-refractivity contribution in [2.75, 3.05) is 5.32 Å². The van der Waals surface area contributed by atoms with Gasteiger partial charge in [-0.1, -0.05) is 17.3 Å². The summed E-state index contributed by atoms with van der Waals surface area (Å²) in [6.07, 6.45) is -4.48. The molecule has 0 spiro atoms. The van der Waals surface area contributed by atoms with Crippen LogP contribution in [0.15, 0.2) is 45.3 Å². The number of benzene rings is 1. The fraction of sp³-hybridized carbons (Fsp3) is 0.176. The number of nitrogens with zero attached hydrogens (tertiary/aromatic N) is 1. The monoisotopic (exact) mass is 366 g/mol. The third-order valence-corrected chi connectivity index (χ3v) is 3.59. The van der Waals surface area contributed by atoms with Gasteiger partial charge >= 0.3 is 6.18 Å². The summed E-state index contributed by atoms with van der Waals surface area (Å²) in [5, 5.41) is 14.9. The number of hydrogen-bond acceptors (Lipinski definition) is 5. The number of anilines is 1. The Labute approximate surface area is 145 Å². The lowest BCUT2D eigenvalue weighted by atomic mass is 10.1. The zero-order valence-corrected chi connectivity index (χ0v) is 13.4. The highest BCUT2D eigenvalue weighted by Crippen LogP contribution is 2.33. The molecule has 0 bridgehead atoms. The van der Waals surface area contributed by atoms with Crippen LogP contribution in [0, 0.1) is 6.92 Å². The van der Waals surface area contributed by atoms with Crippen molar-refractivity contribution in [1.29, 1.82) is 0 Å². The Morgan fingerprint density at radius 1 is 1.27 bits per heavy atom. The number of furan rings is 1. The summed E-state index contributed by atoms with van der Waals surface area (Å²) in [6, 6.07) is 7.32. The van der Waals surface area contributed by atoms with E-state index in [4.69, 9.17) is 14.0 Å². The van der Waals surface area contributed by atoms with E-state index >= 15 is 0 Å². The van der Waals surface area contributed by atoms with Gasteiger partial charge in [-0.2, -0.15) is 13.2 Å². The van der Waals surface area contributed by atoms with Crippen molar-refractivity contribution in [2.45, 2.75) is 19.7 Å². The fourth-order valence-electron chi connectivity index (χ4n) is 2.32. The van der Waals surface area contributed by atoms with Crippen molar-refractivity contribution in [2.24, 2.45) is 0 Å². The quantitative estimate of drug-likeness (QED) is 0.728. The van der Waals surface area contributed by atoms with Gasteiger partial charge in [-0.05, 0) is 25.1 Å². The molecular formula is C17H13F3N2O4. The Kier molecular flexibility index (Phi) is 4.56. The molecule has 3 aromatic rings. The average Bonchev–Trinajstić information content (AvgIpc) is 3.20. The van der Waals surface area contributed by atoms with Crippen molar-refractivity contribution in [3.63, 3.8) is 0 Å². The van der Waals surface area contributed by atoms with Crippen LogP contribution in [0.25, 0.3) is 11.3 Å². The van der Waals surface area contributed by atoms with Gasteiger partial charge < -0.3 is 14.0 Å². The number of aliphatic hydroxyl groups is 1. The van der Waals surface area contributed by atoms with Gasteiger partial charge in [0.25, 0.3) is 5.91 Å². The summed E-state index contributed by atoms with van der Waals surface area (Å²) in [7, 11) is 0. The van der Waals surface area contributed by atoms with Gasteiger partial charge in [0, 0.05) is 11.6 Å². The minimum absolute atomic E-state index is 0.0280. The van der Waals surface area contributed by atoms with E-state index < -0.39 is 17.6 Å². The first-order valence-electron chi connectivity index (χ1n) is 7.44. The van der Waals surface area contributed by atoms with Crippen molar-refractivity contribution < 1.29 is 32.0 Å².